The molecule has 35 heavy (non-hydrogen) atoms. The maximum absolute atomic E-state index is 13.3. The molecular formula is C23H27F3N6O3. The van der Waals surface area contributed by atoms with Gasteiger partial charge in [0.25, 0.3) is 11.8 Å². The first-order chi connectivity index (χ1) is 16.4. The number of carbonyl (C=O) groups is 2. The van der Waals surface area contributed by atoms with E-state index in [2.05, 4.69) is 15.4 Å². The summed E-state index contributed by atoms with van der Waals surface area (Å²) in [7, 11) is 4.67. The van der Waals surface area contributed by atoms with E-state index in [1.165, 1.54) is 21.1 Å². The van der Waals surface area contributed by atoms with E-state index < -0.39 is 17.8 Å². The van der Waals surface area contributed by atoms with Gasteiger partial charge < -0.3 is 19.5 Å². The number of nitrogens with zero attached hydrogens (tertiary/aromatic N) is 5. The van der Waals surface area contributed by atoms with E-state index in [0.717, 1.165) is 10.2 Å². The van der Waals surface area contributed by atoms with Gasteiger partial charge >= 0.3 is 6.18 Å². The molecule has 2 aromatic heterocycles. The number of likely N-dealkylation sites (tertiary alicyclic amines) is 1. The number of aryl methyl sites for hydroxylation is 2. The lowest BCUT2D eigenvalue weighted by Crippen LogP contribution is -2.51. The highest BCUT2D eigenvalue weighted by Gasteiger charge is 2.39. The minimum Gasteiger partial charge on any atom is -0.494 e. The van der Waals surface area contributed by atoms with Crippen LogP contribution in [0.4, 0.5) is 13.2 Å². The van der Waals surface area contributed by atoms with Gasteiger partial charge in [-0.2, -0.15) is 18.3 Å². The molecule has 1 aliphatic heterocycles. The molecule has 1 saturated heterocycles. The molecule has 1 fully saturated rings. The maximum atomic E-state index is 13.3. The number of halogens is 3. The third-order valence-corrected chi connectivity index (χ3v) is 6.54. The number of rotatable bonds is 4. The Kier molecular flexibility index (Phi) is 6.24. The zero-order valence-corrected chi connectivity index (χ0v) is 20.1. The van der Waals surface area contributed by atoms with Gasteiger partial charge in [0.2, 0.25) is 0 Å². The van der Waals surface area contributed by atoms with Crippen LogP contribution < -0.4 is 10.1 Å². The zero-order chi connectivity index (χ0) is 25.7. The number of fused-ring (bicyclic) bond motifs is 1. The predicted molar refractivity (Wildman–Crippen MR) is 121 cm³/mol. The molecule has 0 radical (unpaired) electrons. The number of methoxy groups -OCH3 is 1. The van der Waals surface area contributed by atoms with Crippen LogP contribution in [0.5, 0.6) is 5.75 Å². The fourth-order valence-corrected chi connectivity index (χ4v) is 4.66. The number of aromatic nitrogens is 4. The fraction of sp³-hybridized carbons (Fsp3) is 0.478. The number of piperidine rings is 1. The standard InChI is InChI=1S/C23H27F3N6O3/c1-12-10-32(22(34)14-8-16-18(17(9-14)35-5)27-11-30(16)3)7-6-15(12)28-21(33)19-13(2)20(23(24,25)26)29-31(19)4/h8-9,11-12,15H,6-7,10H2,1-5H3,(H,28,33)/t12-,15+/m0/s1. The molecule has 2 atom stereocenters. The Labute approximate surface area is 199 Å². The van der Waals surface area contributed by atoms with Crippen molar-refractivity contribution >= 4 is 22.8 Å². The minimum absolute atomic E-state index is 0.116. The average molecular weight is 493 g/mol. The van der Waals surface area contributed by atoms with Crippen molar-refractivity contribution in [1.82, 2.24) is 29.5 Å². The lowest BCUT2D eigenvalue weighted by atomic mass is 9.93. The van der Waals surface area contributed by atoms with Gasteiger partial charge in [-0.1, -0.05) is 6.92 Å². The van der Waals surface area contributed by atoms with Gasteiger partial charge in [0.1, 0.15) is 17.0 Å². The number of hydrogen-bond donors (Lipinski definition) is 1. The molecule has 3 heterocycles. The summed E-state index contributed by atoms with van der Waals surface area (Å²) < 4.78 is 47.7. The second-order valence-corrected chi connectivity index (χ2v) is 8.94. The molecule has 2 amide bonds. The van der Waals surface area contributed by atoms with Crippen molar-refractivity contribution < 1.29 is 27.5 Å². The lowest BCUT2D eigenvalue weighted by Gasteiger charge is -2.37. The summed E-state index contributed by atoms with van der Waals surface area (Å²) in [4.78, 5) is 32.1. The number of nitrogens with one attached hydrogen (secondary N) is 1. The van der Waals surface area contributed by atoms with Crippen LogP contribution in [-0.2, 0) is 20.3 Å². The zero-order valence-electron chi connectivity index (χ0n) is 20.1. The Hall–Kier alpha value is -3.57. The first kappa shape index (κ1) is 24.6. The number of carbonyl (C=O) groups excluding carboxylic acids is 2. The monoisotopic (exact) mass is 492 g/mol. The first-order valence-electron chi connectivity index (χ1n) is 11.1. The van der Waals surface area contributed by atoms with Crippen LogP contribution in [-0.4, -0.2) is 62.3 Å². The van der Waals surface area contributed by atoms with Crippen molar-refractivity contribution in [2.24, 2.45) is 20.0 Å². The van der Waals surface area contributed by atoms with Gasteiger partial charge in [0.05, 0.1) is 19.0 Å². The highest BCUT2D eigenvalue weighted by Crippen LogP contribution is 2.32. The molecule has 4 rings (SSSR count). The Bertz CT molecular complexity index is 1300. The summed E-state index contributed by atoms with van der Waals surface area (Å²) in [5.41, 5.74) is 0.502. The van der Waals surface area contributed by atoms with E-state index in [-0.39, 0.29) is 29.1 Å². The second-order valence-electron chi connectivity index (χ2n) is 8.94. The highest BCUT2D eigenvalue weighted by molar-refractivity contribution is 5.99. The van der Waals surface area contributed by atoms with Crippen molar-refractivity contribution in [3.05, 3.63) is 41.0 Å². The normalized spacial score (nSPS) is 18.7. The number of imidazole rings is 1. The Morgan fingerprint density at radius 3 is 2.54 bits per heavy atom. The second kappa shape index (κ2) is 8.90. The maximum Gasteiger partial charge on any atom is 0.435 e. The van der Waals surface area contributed by atoms with Crippen molar-refractivity contribution in [2.75, 3.05) is 20.2 Å². The van der Waals surface area contributed by atoms with Gasteiger partial charge in [-0.15, -0.1) is 0 Å². The number of alkyl halides is 3. The number of hydrogen-bond acceptors (Lipinski definition) is 5. The molecule has 12 heteroatoms. The average Bonchev–Trinajstić information content (AvgIpc) is 3.32. The number of ether oxygens (including phenoxy) is 1. The molecule has 0 spiro atoms. The van der Waals surface area contributed by atoms with E-state index in [1.54, 1.807) is 23.4 Å². The van der Waals surface area contributed by atoms with Gasteiger partial charge in [0.15, 0.2) is 5.69 Å². The Morgan fingerprint density at radius 2 is 1.94 bits per heavy atom. The van der Waals surface area contributed by atoms with Crippen LogP contribution in [0.3, 0.4) is 0 Å². The number of benzene rings is 1. The van der Waals surface area contributed by atoms with Crippen LogP contribution in [0, 0.1) is 12.8 Å². The molecular weight excluding hydrogens is 465 g/mol. The predicted octanol–water partition coefficient (Wildman–Crippen LogP) is 2.92. The fourth-order valence-electron chi connectivity index (χ4n) is 4.66. The van der Waals surface area contributed by atoms with Gasteiger partial charge in [-0.05, 0) is 31.4 Å². The largest absolute Gasteiger partial charge is 0.494 e. The van der Waals surface area contributed by atoms with E-state index in [1.807, 2.05) is 18.5 Å². The summed E-state index contributed by atoms with van der Waals surface area (Å²) in [5, 5.41) is 6.32. The van der Waals surface area contributed by atoms with Crippen molar-refractivity contribution in [3.8, 4) is 5.75 Å². The summed E-state index contributed by atoms with van der Waals surface area (Å²) >= 11 is 0. The molecule has 0 aliphatic carbocycles. The summed E-state index contributed by atoms with van der Waals surface area (Å²) in [6.45, 7) is 3.90. The Morgan fingerprint density at radius 1 is 1.23 bits per heavy atom. The van der Waals surface area contributed by atoms with E-state index >= 15 is 0 Å². The summed E-state index contributed by atoms with van der Waals surface area (Å²) in [5.74, 6) is -0.391. The molecule has 1 aliphatic rings. The highest BCUT2D eigenvalue weighted by atomic mass is 19.4. The van der Waals surface area contributed by atoms with Crippen LogP contribution in [0.15, 0.2) is 18.5 Å². The van der Waals surface area contributed by atoms with Crippen LogP contribution in [0.25, 0.3) is 11.0 Å². The lowest BCUT2D eigenvalue weighted by molar-refractivity contribution is -0.141. The van der Waals surface area contributed by atoms with E-state index in [9.17, 15) is 22.8 Å². The first-order valence-corrected chi connectivity index (χ1v) is 11.1. The third kappa shape index (κ3) is 4.44. The molecule has 0 bridgehead atoms. The molecule has 1 N–H and O–H groups in total. The quantitative estimate of drug-likeness (QED) is 0.605. The Balaban J connectivity index is 1.47. The van der Waals surface area contributed by atoms with Crippen molar-refractivity contribution in [2.45, 2.75) is 32.5 Å². The van der Waals surface area contributed by atoms with Crippen molar-refractivity contribution in [1.29, 1.82) is 0 Å². The minimum atomic E-state index is -4.64. The third-order valence-electron chi connectivity index (χ3n) is 6.54. The van der Waals surface area contributed by atoms with Crippen LogP contribution in [0.1, 0.15) is 45.4 Å². The van der Waals surface area contributed by atoms with E-state index in [4.69, 9.17) is 4.74 Å². The number of amides is 2. The topological polar surface area (TPSA) is 94.3 Å². The van der Waals surface area contributed by atoms with Gasteiger partial charge in [-0.25, -0.2) is 4.98 Å². The molecule has 0 unspecified atom stereocenters. The van der Waals surface area contributed by atoms with Crippen molar-refractivity contribution in [3.63, 3.8) is 0 Å². The van der Waals surface area contributed by atoms with Gasteiger partial charge in [-0.3, -0.25) is 14.3 Å². The molecule has 188 valence electrons. The summed E-state index contributed by atoms with van der Waals surface area (Å²) in [6.07, 6.45) is -2.52. The van der Waals surface area contributed by atoms with Crippen LogP contribution in [0.2, 0.25) is 0 Å². The molecule has 9 nitrogen and oxygen atoms in total. The van der Waals surface area contributed by atoms with Gasteiger partial charge in [0, 0.05) is 44.4 Å². The molecule has 3 aromatic rings. The molecule has 1 aromatic carbocycles. The molecule has 0 saturated carbocycles. The SMILES string of the molecule is COc1cc(C(=O)N2CC[C@@H](NC(=O)c3c(C)c(C(F)(F)F)nn3C)[C@@H](C)C2)cc2c1ncn2C. The van der Waals surface area contributed by atoms with Crippen LogP contribution >= 0.6 is 0 Å². The summed E-state index contributed by atoms with van der Waals surface area (Å²) in [6, 6.07) is 3.14. The van der Waals surface area contributed by atoms with E-state index in [0.29, 0.717) is 36.3 Å². The smallest absolute Gasteiger partial charge is 0.435 e.